The van der Waals surface area contributed by atoms with Crippen molar-refractivity contribution in [3.63, 3.8) is 0 Å². The number of aromatic nitrogens is 1. The van der Waals surface area contributed by atoms with Crippen molar-refractivity contribution >= 4 is 22.6 Å². The summed E-state index contributed by atoms with van der Waals surface area (Å²) >= 11 is 0. The lowest BCUT2D eigenvalue weighted by Gasteiger charge is -2.10. The summed E-state index contributed by atoms with van der Waals surface area (Å²) in [5.74, 6) is -1.15. The van der Waals surface area contributed by atoms with Gasteiger partial charge in [-0.05, 0) is 24.3 Å². The maximum atomic E-state index is 13.9. The van der Waals surface area contributed by atoms with Gasteiger partial charge in [-0.2, -0.15) is 0 Å². The second-order valence-electron chi connectivity index (χ2n) is 5.33. The first-order chi connectivity index (χ1) is 12.5. The molecule has 8 heteroatoms. The molecule has 0 spiro atoms. The number of carbonyl (C=O) groups is 1. The Morgan fingerprint density at radius 2 is 2.08 bits per heavy atom. The van der Waals surface area contributed by atoms with Gasteiger partial charge in [0, 0.05) is 29.3 Å². The normalized spacial score (nSPS) is 10.5. The molecule has 0 aliphatic rings. The van der Waals surface area contributed by atoms with E-state index < -0.39 is 16.7 Å². The molecule has 26 heavy (non-hydrogen) atoms. The van der Waals surface area contributed by atoms with Gasteiger partial charge in [0.1, 0.15) is 12.4 Å². The summed E-state index contributed by atoms with van der Waals surface area (Å²) in [7, 11) is 1.21. The van der Waals surface area contributed by atoms with Crippen molar-refractivity contribution in [1.82, 2.24) is 4.98 Å². The minimum absolute atomic E-state index is 0.0841. The van der Waals surface area contributed by atoms with Gasteiger partial charge in [0.15, 0.2) is 5.75 Å². The molecular weight excluding hydrogens is 343 g/mol. The molecule has 0 atom stereocenters. The molecule has 0 radical (unpaired) electrons. The molecule has 2 aromatic carbocycles. The number of nitro benzene ring substituents is 1. The van der Waals surface area contributed by atoms with Crippen molar-refractivity contribution in [3.05, 3.63) is 75.7 Å². The Kier molecular flexibility index (Phi) is 4.74. The summed E-state index contributed by atoms with van der Waals surface area (Å²) in [6.07, 6.45) is 1.52. The molecular formula is C18H13FN2O5. The van der Waals surface area contributed by atoms with Crippen molar-refractivity contribution in [2.45, 2.75) is 6.61 Å². The van der Waals surface area contributed by atoms with E-state index in [0.29, 0.717) is 16.5 Å². The van der Waals surface area contributed by atoms with Crippen molar-refractivity contribution in [2.24, 2.45) is 0 Å². The highest BCUT2D eigenvalue weighted by Gasteiger charge is 2.19. The first kappa shape index (κ1) is 17.3. The van der Waals surface area contributed by atoms with Gasteiger partial charge in [0.05, 0.1) is 23.1 Å². The molecule has 7 nitrogen and oxygen atoms in total. The lowest BCUT2D eigenvalue weighted by atomic mass is 10.1. The fourth-order valence-corrected chi connectivity index (χ4v) is 2.49. The number of esters is 1. The maximum absolute atomic E-state index is 13.9. The van der Waals surface area contributed by atoms with E-state index >= 15 is 0 Å². The number of benzene rings is 2. The van der Waals surface area contributed by atoms with Crippen molar-refractivity contribution < 1.29 is 23.6 Å². The highest BCUT2D eigenvalue weighted by atomic mass is 19.1. The zero-order chi connectivity index (χ0) is 18.7. The van der Waals surface area contributed by atoms with E-state index in [1.807, 2.05) is 0 Å². The minimum Gasteiger partial charge on any atom is -0.482 e. The number of carbonyl (C=O) groups excluding carboxylic acids is 1. The van der Waals surface area contributed by atoms with Gasteiger partial charge >= 0.3 is 11.7 Å². The average Bonchev–Trinajstić information content (AvgIpc) is 2.66. The Hall–Kier alpha value is -3.55. The molecule has 3 rings (SSSR count). The largest absolute Gasteiger partial charge is 0.482 e. The summed E-state index contributed by atoms with van der Waals surface area (Å²) in [5.41, 5.74) is 0.784. The van der Waals surface area contributed by atoms with Crippen molar-refractivity contribution in [1.29, 1.82) is 0 Å². The maximum Gasteiger partial charge on any atom is 0.337 e. The molecule has 0 N–H and O–H groups in total. The van der Waals surface area contributed by atoms with Gasteiger partial charge < -0.3 is 9.47 Å². The number of nitro groups is 1. The molecule has 1 heterocycles. The molecule has 0 saturated carbocycles. The third-order valence-electron chi connectivity index (χ3n) is 3.76. The zero-order valence-electron chi connectivity index (χ0n) is 13.6. The van der Waals surface area contributed by atoms with Crippen LogP contribution in [0.25, 0.3) is 10.9 Å². The van der Waals surface area contributed by atoms with E-state index in [0.717, 1.165) is 0 Å². The summed E-state index contributed by atoms with van der Waals surface area (Å²) < 4.78 is 24.0. The van der Waals surface area contributed by atoms with Crippen LogP contribution in [0.4, 0.5) is 10.1 Å². The van der Waals surface area contributed by atoms with Crippen LogP contribution < -0.4 is 4.74 Å². The number of hydrogen-bond donors (Lipinski definition) is 0. The van der Waals surface area contributed by atoms with E-state index in [1.165, 1.54) is 43.6 Å². The van der Waals surface area contributed by atoms with Gasteiger partial charge in [-0.3, -0.25) is 15.1 Å². The van der Waals surface area contributed by atoms with E-state index in [9.17, 15) is 19.3 Å². The Morgan fingerprint density at radius 3 is 2.81 bits per heavy atom. The van der Waals surface area contributed by atoms with Crippen LogP contribution in [0, 0.1) is 15.9 Å². The van der Waals surface area contributed by atoms with Crippen molar-refractivity contribution in [3.8, 4) is 5.75 Å². The Bertz CT molecular complexity index is 1010. The van der Waals surface area contributed by atoms with Crippen LogP contribution in [-0.4, -0.2) is 23.0 Å². The average molecular weight is 356 g/mol. The molecule has 0 saturated heterocycles. The number of methoxy groups -OCH3 is 1. The molecule has 0 bridgehead atoms. The number of rotatable bonds is 5. The number of halogens is 1. The molecule has 0 amide bonds. The van der Waals surface area contributed by atoms with Crippen LogP contribution >= 0.6 is 0 Å². The SMILES string of the molecule is COC(=O)c1ccc([N+](=O)[O-])c(OCc2ccc(F)c3cccnc23)c1. The predicted octanol–water partition coefficient (Wildman–Crippen LogP) is 3.65. The second kappa shape index (κ2) is 7.14. The predicted molar refractivity (Wildman–Crippen MR) is 90.5 cm³/mol. The van der Waals surface area contributed by atoms with Crippen LogP contribution in [0.2, 0.25) is 0 Å². The lowest BCUT2D eigenvalue weighted by Crippen LogP contribution is -2.05. The summed E-state index contributed by atoms with van der Waals surface area (Å²) in [6.45, 7) is -0.0841. The van der Waals surface area contributed by atoms with Crippen LogP contribution in [0.1, 0.15) is 15.9 Å². The molecule has 0 aliphatic carbocycles. The molecule has 132 valence electrons. The molecule has 0 aliphatic heterocycles. The standard InChI is InChI=1S/C18H13FN2O5/c1-25-18(22)11-5-7-15(21(23)24)16(9-11)26-10-12-4-6-14(19)13-3-2-8-20-17(12)13/h2-9H,10H2,1H3. The number of ether oxygens (including phenoxy) is 2. The summed E-state index contributed by atoms with van der Waals surface area (Å²) in [5, 5.41) is 11.5. The number of fused-ring (bicyclic) bond motifs is 1. The van der Waals surface area contributed by atoms with Crippen LogP contribution in [0.5, 0.6) is 5.75 Å². The second-order valence-corrected chi connectivity index (χ2v) is 5.33. The van der Waals surface area contributed by atoms with Gasteiger partial charge in [-0.25, -0.2) is 9.18 Å². The van der Waals surface area contributed by atoms with Gasteiger partial charge in [0.2, 0.25) is 0 Å². The first-order valence-electron chi connectivity index (χ1n) is 7.53. The summed E-state index contributed by atoms with van der Waals surface area (Å²) in [6, 6.07) is 9.67. The third-order valence-corrected chi connectivity index (χ3v) is 3.76. The summed E-state index contributed by atoms with van der Waals surface area (Å²) in [4.78, 5) is 26.4. The van der Waals surface area contributed by atoms with Gasteiger partial charge in [0.25, 0.3) is 0 Å². The van der Waals surface area contributed by atoms with Gasteiger partial charge in [-0.1, -0.05) is 6.07 Å². The smallest absolute Gasteiger partial charge is 0.337 e. The van der Waals surface area contributed by atoms with E-state index in [1.54, 1.807) is 12.1 Å². The topological polar surface area (TPSA) is 91.6 Å². The molecule has 0 fully saturated rings. The molecule has 3 aromatic rings. The fourth-order valence-electron chi connectivity index (χ4n) is 2.49. The Morgan fingerprint density at radius 1 is 1.27 bits per heavy atom. The number of hydrogen-bond acceptors (Lipinski definition) is 6. The van der Waals surface area contributed by atoms with E-state index in [2.05, 4.69) is 9.72 Å². The van der Waals surface area contributed by atoms with Crippen LogP contribution in [-0.2, 0) is 11.3 Å². The Labute approximate surface area is 147 Å². The van der Waals surface area contributed by atoms with Gasteiger partial charge in [-0.15, -0.1) is 0 Å². The zero-order valence-corrected chi connectivity index (χ0v) is 13.6. The van der Waals surface area contributed by atoms with E-state index in [4.69, 9.17) is 4.74 Å². The van der Waals surface area contributed by atoms with Crippen LogP contribution in [0.15, 0.2) is 48.7 Å². The van der Waals surface area contributed by atoms with Crippen LogP contribution in [0.3, 0.4) is 0 Å². The molecule has 1 aromatic heterocycles. The molecule has 0 unspecified atom stereocenters. The minimum atomic E-state index is -0.640. The third kappa shape index (κ3) is 3.30. The number of nitrogens with zero attached hydrogens (tertiary/aromatic N) is 2. The Balaban J connectivity index is 1.96. The van der Waals surface area contributed by atoms with E-state index in [-0.39, 0.29) is 23.6 Å². The number of pyridine rings is 1. The quantitative estimate of drug-likeness (QED) is 0.394. The van der Waals surface area contributed by atoms with Crippen molar-refractivity contribution in [2.75, 3.05) is 7.11 Å². The lowest BCUT2D eigenvalue weighted by molar-refractivity contribution is -0.385. The highest BCUT2D eigenvalue weighted by molar-refractivity contribution is 5.90. The highest BCUT2D eigenvalue weighted by Crippen LogP contribution is 2.30. The fraction of sp³-hybridized carbons (Fsp3) is 0.111. The first-order valence-corrected chi connectivity index (χ1v) is 7.53. The monoisotopic (exact) mass is 356 g/mol.